The van der Waals surface area contributed by atoms with Gasteiger partial charge in [0.2, 0.25) is 5.75 Å². The first-order valence-corrected chi connectivity index (χ1v) is 8.81. The summed E-state index contributed by atoms with van der Waals surface area (Å²) < 4.78 is 16.3. The fourth-order valence-electron chi connectivity index (χ4n) is 3.60. The zero-order chi connectivity index (χ0) is 19.8. The molecule has 4 rings (SSSR count). The normalized spacial score (nSPS) is 13.3. The number of amides is 1. The zero-order valence-electron chi connectivity index (χ0n) is 15.5. The standard InChI is InChI=1S/C21H19NO6/c1-26-16-10-15(21(24)25)14-9-17(28-18(14)19(16)27-2)20(23)22-8-7-12-5-3-4-6-13(12)11-22/h3-6,9-10H,7-8,11H2,1-2H3,(H,24,25). The van der Waals surface area contributed by atoms with Gasteiger partial charge >= 0.3 is 5.97 Å². The van der Waals surface area contributed by atoms with E-state index < -0.39 is 5.97 Å². The van der Waals surface area contributed by atoms with Crippen molar-refractivity contribution in [3.8, 4) is 11.5 Å². The smallest absolute Gasteiger partial charge is 0.336 e. The van der Waals surface area contributed by atoms with Crippen LogP contribution in [0.25, 0.3) is 11.0 Å². The summed E-state index contributed by atoms with van der Waals surface area (Å²) in [7, 11) is 2.85. The number of carbonyl (C=O) groups is 2. The molecule has 0 radical (unpaired) electrons. The van der Waals surface area contributed by atoms with E-state index in [1.165, 1.54) is 31.9 Å². The third kappa shape index (κ3) is 2.85. The predicted octanol–water partition coefficient (Wildman–Crippen LogP) is 3.35. The molecule has 7 heteroatoms. The van der Waals surface area contributed by atoms with Gasteiger partial charge in [0.15, 0.2) is 17.1 Å². The Balaban J connectivity index is 1.76. The zero-order valence-corrected chi connectivity index (χ0v) is 15.5. The lowest BCUT2D eigenvalue weighted by Gasteiger charge is -2.28. The number of rotatable bonds is 4. The van der Waals surface area contributed by atoms with Gasteiger partial charge in [0.05, 0.1) is 19.8 Å². The van der Waals surface area contributed by atoms with Crippen LogP contribution in [0.4, 0.5) is 0 Å². The first kappa shape index (κ1) is 17.9. The van der Waals surface area contributed by atoms with Gasteiger partial charge in [-0.05, 0) is 29.7 Å². The molecule has 0 saturated heterocycles. The van der Waals surface area contributed by atoms with Crippen LogP contribution < -0.4 is 9.47 Å². The van der Waals surface area contributed by atoms with E-state index in [0.717, 1.165) is 12.0 Å². The number of furan rings is 1. The van der Waals surface area contributed by atoms with E-state index >= 15 is 0 Å². The Hall–Kier alpha value is -3.48. The maximum absolute atomic E-state index is 13.0. The molecule has 0 bridgehead atoms. The molecule has 7 nitrogen and oxygen atoms in total. The van der Waals surface area contributed by atoms with Crippen molar-refractivity contribution in [1.29, 1.82) is 0 Å². The molecule has 0 atom stereocenters. The number of hydrogen-bond acceptors (Lipinski definition) is 5. The van der Waals surface area contributed by atoms with Gasteiger partial charge in [-0.3, -0.25) is 4.79 Å². The summed E-state index contributed by atoms with van der Waals surface area (Å²) in [6, 6.07) is 10.8. The van der Waals surface area contributed by atoms with E-state index in [0.29, 0.717) is 18.5 Å². The van der Waals surface area contributed by atoms with Crippen molar-refractivity contribution in [2.24, 2.45) is 0 Å². The van der Waals surface area contributed by atoms with Crippen LogP contribution in [0.3, 0.4) is 0 Å². The van der Waals surface area contributed by atoms with Gasteiger partial charge in [-0.15, -0.1) is 0 Å². The monoisotopic (exact) mass is 381 g/mol. The Kier molecular flexibility index (Phi) is 4.43. The van der Waals surface area contributed by atoms with Gasteiger partial charge < -0.3 is 23.9 Å². The molecule has 1 amide bonds. The lowest BCUT2D eigenvalue weighted by molar-refractivity contribution is 0.0692. The fourth-order valence-corrected chi connectivity index (χ4v) is 3.60. The topological polar surface area (TPSA) is 89.2 Å². The fraction of sp³-hybridized carbons (Fsp3) is 0.238. The van der Waals surface area contributed by atoms with E-state index in [1.54, 1.807) is 4.90 Å². The van der Waals surface area contributed by atoms with Crippen molar-refractivity contribution in [1.82, 2.24) is 4.90 Å². The molecule has 0 saturated carbocycles. The van der Waals surface area contributed by atoms with Crippen LogP contribution in [0.15, 0.2) is 40.8 Å². The van der Waals surface area contributed by atoms with Gasteiger partial charge in [0.25, 0.3) is 5.91 Å². The molecule has 0 aliphatic carbocycles. The number of nitrogens with zero attached hydrogens (tertiary/aromatic N) is 1. The molecule has 3 aromatic rings. The molecule has 28 heavy (non-hydrogen) atoms. The second-order valence-corrected chi connectivity index (χ2v) is 6.56. The van der Waals surface area contributed by atoms with E-state index in [1.807, 2.05) is 18.2 Å². The number of carboxylic acid groups (broad SMARTS) is 1. The number of hydrogen-bond donors (Lipinski definition) is 1. The Morgan fingerprint density at radius 2 is 1.86 bits per heavy atom. The van der Waals surface area contributed by atoms with Crippen LogP contribution in [-0.4, -0.2) is 42.6 Å². The van der Waals surface area contributed by atoms with Gasteiger partial charge in [0.1, 0.15) is 0 Å². The van der Waals surface area contributed by atoms with Gasteiger partial charge in [0, 0.05) is 18.5 Å². The van der Waals surface area contributed by atoms with Crippen molar-refractivity contribution < 1.29 is 28.6 Å². The van der Waals surface area contributed by atoms with Gasteiger partial charge in [-0.25, -0.2) is 4.79 Å². The maximum atomic E-state index is 13.0. The number of ether oxygens (including phenoxy) is 2. The number of carbonyl (C=O) groups excluding carboxylic acids is 1. The molecule has 1 aromatic heterocycles. The molecule has 1 aliphatic heterocycles. The van der Waals surface area contributed by atoms with Crippen LogP contribution in [0.1, 0.15) is 32.0 Å². The maximum Gasteiger partial charge on any atom is 0.336 e. The summed E-state index contributed by atoms with van der Waals surface area (Å²) in [5, 5.41) is 9.84. The first-order valence-electron chi connectivity index (χ1n) is 8.81. The van der Waals surface area contributed by atoms with Crippen LogP contribution >= 0.6 is 0 Å². The summed E-state index contributed by atoms with van der Waals surface area (Å²) >= 11 is 0. The van der Waals surface area contributed by atoms with Crippen molar-refractivity contribution in [2.45, 2.75) is 13.0 Å². The van der Waals surface area contributed by atoms with Crippen molar-refractivity contribution in [3.05, 3.63) is 58.8 Å². The summed E-state index contributed by atoms with van der Waals surface area (Å²) in [4.78, 5) is 26.4. The highest BCUT2D eigenvalue weighted by Gasteiger charge is 2.27. The molecule has 0 fully saturated rings. The first-order chi connectivity index (χ1) is 13.5. The minimum atomic E-state index is -1.14. The minimum absolute atomic E-state index is 0.0144. The predicted molar refractivity (Wildman–Crippen MR) is 101 cm³/mol. The quantitative estimate of drug-likeness (QED) is 0.746. The number of methoxy groups -OCH3 is 2. The molecule has 1 N–H and O–H groups in total. The third-order valence-electron chi connectivity index (χ3n) is 5.01. The second-order valence-electron chi connectivity index (χ2n) is 6.56. The summed E-state index contributed by atoms with van der Waals surface area (Å²) in [5.41, 5.74) is 2.50. The SMILES string of the molecule is COc1cc(C(=O)O)c2cc(C(=O)N3CCc4ccccc4C3)oc2c1OC. The highest BCUT2D eigenvalue weighted by atomic mass is 16.5. The Morgan fingerprint density at radius 3 is 2.54 bits per heavy atom. The van der Waals surface area contributed by atoms with Crippen LogP contribution in [-0.2, 0) is 13.0 Å². The molecular formula is C21H19NO6. The minimum Gasteiger partial charge on any atom is -0.493 e. The number of fused-ring (bicyclic) bond motifs is 2. The Labute approximate surface area is 161 Å². The van der Waals surface area contributed by atoms with Crippen LogP contribution in [0.5, 0.6) is 11.5 Å². The summed E-state index contributed by atoms with van der Waals surface area (Å²) in [6.07, 6.45) is 0.764. The lowest BCUT2D eigenvalue weighted by atomic mass is 10.00. The molecule has 0 spiro atoms. The Morgan fingerprint density at radius 1 is 1.11 bits per heavy atom. The van der Waals surface area contributed by atoms with E-state index in [4.69, 9.17) is 13.9 Å². The van der Waals surface area contributed by atoms with Gasteiger partial charge in [-0.2, -0.15) is 0 Å². The van der Waals surface area contributed by atoms with Crippen LogP contribution in [0.2, 0.25) is 0 Å². The van der Waals surface area contributed by atoms with E-state index in [-0.39, 0.29) is 34.3 Å². The second kappa shape index (κ2) is 6.92. The number of aromatic carboxylic acids is 1. The highest BCUT2D eigenvalue weighted by Crippen LogP contribution is 2.40. The highest BCUT2D eigenvalue weighted by molar-refractivity contribution is 6.08. The molecule has 1 aliphatic rings. The van der Waals surface area contributed by atoms with E-state index in [9.17, 15) is 14.7 Å². The van der Waals surface area contributed by atoms with Crippen molar-refractivity contribution in [3.63, 3.8) is 0 Å². The average Bonchev–Trinajstić information content (AvgIpc) is 3.16. The lowest BCUT2D eigenvalue weighted by Crippen LogP contribution is -2.35. The van der Waals surface area contributed by atoms with Crippen molar-refractivity contribution >= 4 is 22.8 Å². The summed E-state index contributed by atoms with van der Waals surface area (Å²) in [6.45, 7) is 1.05. The number of carboxylic acids is 1. The van der Waals surface area contributed by atoms with Crippen molar-refractivity contribution in [2.75, 3.05) is 20.8 Å². The molecule has 2 aromatic carbocycles. The number of benzene rings is 2. The molecule has 144 valence electrons. The van der Waals surface area contributed by atoms with Gasteiger partial charge in [-0.1, -0.05) is 24.3 Å². The summed E-state index contributed by atoms with van der Waals surface area (Å²) in [5.74, 6) is -0.873. The molecule has 0 unspecified atom stereocenters. The van der Waals surface area contributed by atoms with Crippen LogP contribution in [0, 0.1) is 0 Å². The third-order valence-corrected chi connectivity index (χ3v) is 5.01. The Bertz CT molecular complexity index is 1080. The molecule has 2 heterocycles. The largest absolute Gasteiger partial charge is 0.493 e. The molecular weight excluding hydrogens is 362 g/mol. The average molecular weight is 381 g/mol. The van der Waals surface area contributed by atoms with E-state index in [2.05, 4.69) is 6.07 Å².